The van der Waals surface area contributed by atoms with E-state index in [0.717, 1.165) is 57.2 Å². The third-order valence-corrected chi connectivity index (χ3v) is 8.42. The van der Waals surface area contributed by atoms with E-state index in [1.807, 2.05) is 30.3 Å². The Kier molecular flexibility index (Phi) is 6.10. The van der Waals surface area contributed by atoms with Crippen molar-refractivity contribution in [1.29, 1.82) is 0 Å². The number of nitrogens with one attached hydrogen (secondary N) is 1. The van der Waals surface area contributed by atoms with E-state index < -0.39 is 0 Å². The van der Waals surface area contributed by atoms with Crippen LogP contribution in [0.5, 0.6) is 0 Å². The van der Waals surface area contributed by atoms with E-state index in [0.29, 0.717) is 37.3 Å². The molecule has 1 aromatic heterocycles. The smallest absolute Gasteiger partial charge is 0.254 e. The van der Waals surface area contributed by atoms with Gasteiger partial charge in [0.1, 0.15) is 0 Å². The van der Waals surface area contributed by atoms with Gasteiger partial charge in [-0.2, -0.15) is 5.10 Å². The maximum atomic E-state index is 13.0. The summed E-state index contributed by atoms with van der Waals surface area (Å²) in [4.78, 5) is 27.8. The number of carbonyl (C=O) groups excluding carboxylic acids is 2. The Bertz CT molecular complexity index is 1060. The molecule has 1 N–H and O–H groups in total. The van der Waals surface area contributed by atoms with Gasteiger partial charge in [-0.3, -0.25) is 14.3 Å². The highest BCUT2D eigenvalue weighted by Gasteiger charge is 2.48. The SMILES string of the molecule is O=C(NC[C@@H]1CC2(CCN(C(=O)[C@H]3C[C@@H]4CC[C@@H]3O4)CC2)CO1)c1cnn(Cc2ccccc2)c1. The van der Waals surface area contributed by atoms with E-state index in [1.54, 1.807) is 17.1 Å². The van der Waals surface area contributed by atoms with E-state index in [1.165, 1.54) is 0 Å². The second-order valence-corrected chi connectivity index (χ2v) is 10.8. The third-order valence-electron chi connectivity index (χ3n) is 8.42. The zero-order valence-corrected chi connectivity index (χ0v) is 20.1. The van der Waals surface area contributed by atoms with E-state index >= 15 is 0 Å². The second kappa shape index (κ2) is 9.39. The molecule has 8 heteroatoms. The number of hydrogen-bond donors (Lipinski definition) is 1. The van der Waals surface area contributed by atoms with Gasteiger partial charge in [-0.25, -0.2) is 0 Å². The summed E-state index contributed by atoms with van der Waals surface area (Å²) in [5, 5.41) is 7.35. The summed E-state index contributed by atoms with van der Waals surface area (Å²) in [6, 6.07) is 10.1. The molecule has 0 radical (unpaired) electrons. The highest BCUT2D eigenvalue weighted by Crippen LogP contribution is 2.44. The van der Waals surface area contributed by atoms with Gasteiger partial charge < -0.3 is 19.7 Å². The summed E-state index contributed by atoms with van der Waals surface area (Å²) in [5.41, 5.74) is 1.83. The molecule has 6 rings (SSSR count). The van der Waals surface area contributed by atoms with Crippen molar-refractivity contribution < 1.29 is 19.1 Å². The van der Waals surface area contributed by atoms with Crippen LogP contribution in [0.3, 0.4) is 0 Å². The van der Waals surface area contributed by atoms with Gasteiger partial charge in [0.25, 0.3) is 5.91 Å². The molecule has 1 spiro atoms. The minimum atomic E-state index is -0.123. The lowest BCUT2D eigenvalue weighted by molar-refractivity contribution is -0.139. The monoisotopic (exact) mass is 478 g/mol. The fraction of sp³-hybridized carbons (Fsp3) is 0.593. The maximum Gasteiger partial charge on any atom is 0.254 e. The van der Waals surface area contributed by atoms with Gasteiger partial charge in [0.15, 0.2) is 0 Å². The molecule has 4 saturated heterocycles. The first-order chi connectivity index (χ1) is 17.1. The van der Waals surface area contributed by atoms with Gasteiger partial charge in [0.05, 0.1) is 49.1 Å². The topological polar surface area (TPSA) is 85.7 Å². The lowest BCUT2D eigenvalue weighted by Gasteiger charge is -2.40. The fourth-order valence-electron chi connectivity index (χ4n) is 6.36. The molecule has 0 saturated carbocycles. The van der Waals surface area contributed by atoms with Crippen LogP contribution in [0.1, 0.15) is 54.4 Å². The fourth-order valence-corrected chi connectivity index (χ4v) is 6.36. The lowest BCUT2D eigenvalue weighted by Crippen LogP contribution is -2.47. The van der Waals surface area contributed by atoms with Crippen molar-refractivity contribution in [3.63, 3.8) is 0 Å². The third kappa shape index (κ3) is 4.74. The summed E-state index contributed by atoms with van der Waals surface area (Å²) in [7, 11) is 0. The zero-order chi connectivity index (χ0) is 23.8. The highest BCUT2D eigenvalue weighted by molar-refractivity contribution is 5.93. The molecular weight excluding hydrogens is 444 g/mol. The normalized spacial score (nSPS) is 29.1. The molecular formula is C27H34N4O4. The van der Waals surface area contributed by atoms with Gasteiger partial charge in [-0.05, 0) is 49.5 Å². The number of fused-ring (bicyclic) bond motifs is 2. The zero-order valence-electron chi connectivity index (χ0n) is 20.1. The number of ether oxygens (including phenoxy) is 2. The molecule has 0 aliphatic carbocycles. The first kappa shape index (κ1) is 22.7. The van der Waals surface area contributed by atoms with Gasteiger partial charge in [-0.15, -0.1) is 0 Å². The van der Waals surface area contributed by atoms with Gasteiger partial charge in [-0.1, -0.05) is 30.3 Å². The molecule has 5 heterocycles. The Morgan fingerprint density at radius 3 is 2.71 bits per heavy atom. The Hall–Kier alpha value is -2.71. The number of piperidine rings is 1. The molecule has 2 amide bonds. The van der Waals surface area contributed by atoms with Crippen molar-refractivity contribution in [3.05, 3.63) is 53.9 Å². The summed E-state index contributed by atoms with van der Waals surface area (Å²) in [6.07, 6.45) is 9.79. The number of carbonyl (C=O) groups is 2. The molecule has 186 valence electrons. The van der Waals surface area contributed by atoms with Crippen LogP contribution >= 0.6 is 0 Å². The Balaban J connectivity index is 0.958. The number of aromatic nitrogens is 2. The van der Waals surface area contributed by atoms with Crippen molar-refractivity contribution in [2.24, 2.45) is 11.3 Å². The van der Waals surface area contributed by atoms with Crippen LogP contribution in [-0.4, -0.2) is 71.0 Å². The number of rotatable bonds is 6. The van der Waals surface area contributed by atoms with E-state index in [-0.39, 0.29) is 29.4 Å². The standard InChI is InChI=1S/C27H34N4O4/c32-25(20-14-29-31(17-20)16-19-4-2-1-3-5-19)28-15-22-13-27(18-34-22)8-10-30(11-9-27)26(33)23-12-21-6-7-24(23)35-21/h1-5,14,17,21-24H,6-13,15-16,18H2,(H,28,32)/t21-,22-,23-,24-/m0/s1. The molecule has 2 bridgehead atoms. The van der Waals surface area contributed by atoms with Crippen molar-refractivity contribution in [3.8, 4) is 0 Å². The molecule has 4 aliphatic rings. The van der Waals surface area contributed by atoms with Gasteiger partial charge in [0, 0.05) is 25.8 Å². The quantitative estimate of drug-likeness (QED) is 0.690. The van der Waals surface area contributed by atoms with Crippen LogP contribution in [0, 0.1) is 11.3 Å². The summed E-state index contributed by atoms with van der Waals surface area (Å²) >= 11 is 0. The number of likely N-dealkylation sites (tertiary alicyclic amines) is 1. The van der Waals surface area contributed by atoms with E-state index in [2.05, 4.69) is 15.3 Å². The van der Waals surface area contributed by atoms with Crippen molar-refractivity contribution in [2.75, 3.05) is 26.2 Å². The Morgan fingerprint density at radius 2 is 1.97 bits per heavy atom. The summed E-state index contributed by atoms with van der Waals surface area (Å²) < 4.78 is 13.8. The van der Waals surface area contributed by atoms with Crippen LogP contribution in [-0.2, 0) is 20.8 Å². The van der Waals surface area contributed by atoms with Crippen molar-refractivity contribution in [1.82, 2.24) is 20.0 Å². The number of amides is 2. The van der Waals surface area contributed by atoms with Gasteiger partial charge in [0.2, 0.25) is 5.91 Å². The molecule has 4 aliphatic heterocycles. The Morgan fingerprint density at radius 1 is 1.14 bits per heavy atom. The summed E-state index contributed by atoms with van der Waals surface area (Å²) in [5.74, 6) is 0.243. The largest absolute Gasteiger partial charge is 0.376 e. The van der Waals surface area contributed by atoms with Crippen LogP contribution in [0.2, 0.25) is 0 Å². The maximum absolute atomic E-state index is 13.0. The van der Waals surface area contributed by atoms with E-state index in [4.69, 9.17) is 9.47 Å². The summed E-state index contributed by atoms with van der Waals surface area (Å²) in [6.45, 7) is 3.44. The average molecular weight is 479 g/mol. The molecule has 0 unspecified atom stereocenters. The number of hydrogen-bond acceptors (Lipinski definition) is 5. The van der Waals surface area contributed by atoms with E-state index in [9.17, 15) is 9.59 Å². The molecule has 35 heavy (non-hydrogen) atoms. The molecule has 4 fully saturated rings. The molecule has 8 nitrogen and oxygen atoms in total. The molecule has 2 aromatic rings. The first-order valence-corrected chi connectivity index (χ1v) is 13.0. The Labute approximate surface area is 206 Å². The van der Waals surface area contributed by atoms with Crippen molar-refractivity contribution in [2.45, 2.75) is 63.4 Å². The van der Waals surface area contributed by atoms with Crippen molar-refractivity contribution >= 4 is 11.8 Å². The minimum absolute atomic E-state index is 0.0135. The molecule has 4 atom stereocenters. The number of benzene rings is 1. The predicted octanol–water partition coefficient (Wildman–Crippen LogP) is 2.63. The lowest BCUT2D eigenvalue weighted by atomic mass is 9.76. The second-order valence-electron chi connectivity index (χ2n) is 10.8. The predicted molar refractivity (Wildman–Crippen MR) is 129 cm³/mol. The number of nitrogens with zero attached hydrogens (tertiary/aromatic N) is 3. The highest BCUT2D eigenvalue weighted by atomic mass is 16.5. The van der Waals surface area contributed by atoms with Crippen LogP contribution in [0.15, 0.2) is 42.7 Å². The minimum Gasteiger partial charge on any atom is -0.376 e. The van der Waals surface area contributed by atoms with Crippen LogP contribution < -0.4 is 5.32 Å². The average Bonchev–Trinajstić information content (AvgIpc) is 3.69. The van der Waals surface area contributed by atoms with Crippen LogP contribution in [0.4, 0.5) is 0 Å². The molecule has 1 aromatic carbocycles. The van der Waals surface area contributed by atoms with Gasteiger partial charge >= 0.3 is 0 Å². The first-order valence-electron chi connectivity index (χ1n) is 13.0. The van der Waals surface area contributed by atoms with Crippen LogP contribution in [0.25, 0.3) is 0 Å².